The Morgan fingerprint density at radius 3 is 2.53 bits per heavy atom. The van der Waals surface area contributed by atoms with Crippen molar-refractivity contribution in [3.8, 4) is 11.5 Å². The monoisotopic (exact) mass is 256 g/mol. The minimum absolute atomic E-state index is 0.171. The molecule has 19 heavy (non-hydrogen) atoms. The maximum absolute atomic E-state index is 12.0. The number of nitrogens with two attached hydrogens (primary N) is 1. The topological polar surface area (TPSA) is 73.6 Å². The minimum atomic E-state index is -0.217. The Bertz CT molecular complexity index is 626. The third kappa shape index (κ3) is 2.18. The molecule has 5 nitrogen and oxygen atoms in total. The van der Waals surface area contributed by atoms with Gasteiger partial charge >= 0.3 is 0 Å². The van der Waals surface area contributed by atoms with Crippen molar-refractivity contribution in [2.75, 3.05) is 17.8 Å². The van der Waals surface area contributed by atoms with Crippen LogP contribution >= 0.6 is 0 Å². The number of nitrogen functional groups attached to an aromatic ring is 1. The van der Waals surface area contributed by atoms with Gasteiger partial charge in [-0.1, -0.05) is 18.2 Å². The number of carbonyl (C=O) groups excluding carboxylic acids is 1. The quantitative estimate of drug-likeness (QED) is 0.808. The van der Waals surface area contributed by atoms with Gasteiger partial charge in [0, 0.05) is 17.7 Å². The average Bonchev–Trinajstić information content (AvgIpc) is 2.87. The molecule has 96 valence electrons. The lowest BCUT2D eigenvalue weighted by atomic mass is 10.2. The van der Waals surface area contributed by atoms with E-state index in [-0.39, 0.29) is 12.7 Å². The number of hydrogen-bond acceptors (Lipinski definition) is 4. The molecular weight excluding hydrogens is 244 g/mol. The highest BCUT2D eigenvalue weighted by atomic mass is 16.7. The number of nitrogens with one attached hydrogen (secondary N) is 1. The summed E-state index contributed by atoms with van der Waals surface area (Å²) in [5.41, 5.74) is 7.39. The van der Waals surface area contributed by atoms with Crippen LogP contribution in [0.1, 0.15) is 10.4 Å². The molecule has 0 atom stereocenters. The molecule has 1 aliphatic heterocycles. The van der Waals surface area contributed by atoms with Crippen LogP contribution in [-0.4, -0.2) is 12.7 Å². The van der Waals surface area contributed by atoms with Gasteiger partial charge in [-0.25, -0.2) is 0 Å². The van der Waals surface area contributed by atoms with Crippen LogP contribution in [0.25, 0.3) is 0 Å². The number of anilines is 2. The number of rotatable bonds is 2. The van der Waals surface area contributed by atoms with E-state index in [1.54, 1.807) is 36.4 Å². The fourth-order valence-corrected chi connectivity index (χ4v) is 1.85. The SMILES string of the molecule is Nc1cc2c(cc1NC(=O)c1ccccc1)OCO2. The second-order valence-electron chi connectivity index (χ2n) is 4.11. The molecule has 0 fully saturated rings. The Morgan fingerprint density at radius 2 is 1.79 bits per heavy atom. The predicted molar refractivity (Wildman–Crippen MR) is 71.4 cm³/mol. The summed E-state index contributed by atoms with van der Waals surface area (Å²) in [7, 11) is 0. The Labute approximate surface area is 109 Å². The van der Waals surface area contributed by atoms with Crippen LogP contribution in [0.5, 0.6) is 11.5 Å². The summed E-state index contributed by atoms with van der Waals surface area (Å²) in [6.07, 6.45) is 0. The van der Waals surface area contributed by atoms with E-state index in [9.17, 15) is 4.79 Å². The minimum Gasteiger partial charge on any atom is -0.454 e. The Hall–Kier alpha value is -2.69. The number of carbonyl (C=O) groups is 1. The molecule has 0 radical (unpaired) electrons. The number of hydrogen-bond donors (Lipinski definition) is 2. The lowest BCUT2D eigenvalue weighted by Crippen LogP contribution is -2.12. The smallest absolute Gasteiger partial charge is 0.255 e. The van der Waals surface area contributed by atoms with Crippen molar-refractivity contribution < 1.29 is 14.3 Å². The predicted octanol–water partition coefficient (Wildman–Crippen LogP) is 2.25. The van der Waals surface area contributed by atoms with E-state index in [2.05, 4.69) is 5.32 Å². The standard InChI is InChI=1S/C14H12N2O3/c15-10-6-12-13(19-8-18-12)7-11(10)16-14(17)9-4-2-1-3-5-9/h1-7H,8,15H2,(H,16,17). The molecular formula is C14H12N2O3. The molecule has 5 heteroatoms. The summed E-state index contributed by atoms with van der Waals surface area (Å²) < 4.78 is 10.5. The Morgan fingerprint density at radius 1 is 1.11 bits per heavy atom. The summed E-state index contributed by atoms with van der Waals surface area (Å²) >= 11 is 0. The van der Waals surface area contributed by atoms with Gasteiger partial charge in [0.15, 0.2) is 11.5 Å². The first kappa shape index (κ1) is 11.4. The zero-order valence-electron chi connectivity index (χ0n) is 10.1. The molecule has 3 rings (SSSR count). The molecule has 3 N–H and O–H groups in total. The highest BCUT2D eigenvalue weighted by Crippen LogP contribution is 2.38. The van der Waals surface area contributed by atoms with Gasteiger partial charge < -0.3 is 20.5 Å². The molecule has 0 bridgehead atoms. The zero-order chi connectivity index (χ0) is 13.2. The highest BCUT2D eigenvalue weighted by Gasteiger charge is 2.17. The summed E-state index contributed by atoms with van der Waals surface area (Å²) in [5.74, 6) is 0.957. The van der Waals surface area contributed by atoms with Crippen LogP contribution in [0.4, 0.5) is 11.4 Å². The number of benzene rings is 2. The van der Waals surface area contributed by atoms with Crippen LogP contribution in [0.15, 0.2) is 42.5 Å². The molecule has 1 heterocycles. The molecule has 0 aliphatic carbocycles. The van der Waals surface area contributed by atoms with E-state index in [1.807, 2.05) is 6.07 Å². The average molecular weight is 256 g/mol. The summed E-state index contributed by atoms with van der Waals surface area (Å²) in [4.78, 5) is 12.0. The first-order valence-electron chi connectivity index (χ1n) is 5.79. The van der Waals surface area contributed by atoms with Crippen LogP contribution in [0.3, 0.4) is 0 Å². The second kappa shape index (κ2) is 4.53. The molecule has 0 spiro atoms. The third-order valence-electron chi connectivity index (χ3n) is 2.83. The van der Waals surface area contributed by atoms with Gasteiger partial charge in [0.05, 0.1) is 11.4 Å². The van der Waals surface area contributed by atoms with Crippen molar-refractivity contribution in [2.24, 2.45) is 0 Å². The van der Waals surface area contributed by atoms with Crippen molar-refractivity contribution in [1.29, 1.82) is 0 Å². The number of ether oxygens (including phenoxy) is 2. The third-order valence-corrected chi connectivity index (χ3v) is 2.83. The van der Waals surface area contributed by atoms with Gasteiger partial charge in [-0.15, -0.1) is 0 Å². The molecule has 0 unspecified atom stereocenters. The van der Waals surface area contributed by atoms with Crippen molar-refractivity contribution in [1.82, 2.24) is 0 Å². The Balaban J connectivity index is 1.86. The van der Waals surface area contributed by atoms with E-state index < -0.39 is 0 Å². The van der Waals surface area contributed by atoms with Gasteiger partial charge in [0.1, 0.15) is 0 Å². The second-order valence-corrected chi connectivity index (χ2v) is 4.11. The van der Waals surface area contributed by atoms with Crippen LogP contribution < -0.4 is 20.5 Å². The lowest BCUT2D eigenvalue weighted by molar-refractivity contribution is 0.102. The van der Waals surface area contributed by atoms with Gasteiger partial charge in [-0.3, -0.25) is 4.79 Å². The van der Waals surface area contributed by atoms with Crippen molar-refractivity contribution in [3.63, 3.8) is 0 Å². The van der Waals surface area contributed by atoms with Crippen molar-refractivity contribution >= 4 is 17.3 Å². The van der Waals surface area contributed by atoms with Crippen LogP contribution in [-0.2, 0) is 0 Å². The fourth-order valence-electron chi connectivity index (χ4n) is 1.85. The maximum Gasteiger partial charge on any atom is 0.255 e. The Kier molecular flexibility index (Phi) is 2.72. The normalized spacial score (nSPS) is 12.2. The van der Waals surface area contributed by atoms with Crippen molar-refractivity contribution in [2.45, 2.75) is 0 Å². The van der Waals surface area contributed by atoms with E-state index in [1.165, 1.54) is 0 Å². The summed E-state index contributed by atoms with van der Waals surface area (Å²) in [6.45, 7) is 0.171. The highest BCUT2D eigenvalue weighted by molar-refractivity contribution is 6.06. The van der Waals surface area contributed by atoms with E-state index in [4.69, 9.17) is 15.2 Å². The summed E-state index contributed by atoms with van der Waals surface area (Å²) in [6, 6.07) is 12.2. The molecule has 2 aromatic rings. The van der Waals surface area contributed by atoms with Gasteiger partial charge in [0.2, 0.25) is 6.79 Å². The first-order chi connectivity index (χ1) is 9.24. The number of fused-ring (bicyclic) bond motifs is 1. The first-order valence-corrected chi connectivity index (χ1v) is 5.79. The molecule has 0 saturated heterocycles. The number of amides is 1. The van der Waals surface area contributed by atoms with Crippen LogP contribution in [0, 0.1) is 0 Å². The van der Waals surface area contributed by atoms with Crippen LogP contribution in [0.2, 0.25) is 0 Å². The zero-order valence-corrected chi connectivity index (χ0v) is 10.1. The maximum atomic E-state index is 12.0. The fraction of sp³-hybridized carbons (Fsp3) is 0.0714. The van der Waals surface area contributed by atoms with E-state index in [0.29, 0.717) is 28.4 Å². The van der Waals surface area contributed by atoms with E-state index in [0.717, 1.165) is 0 Å². The van der Waals surface area contributed by atoms with Gasteiger partial charge in [-0.05, 0) is 12.1 Å². The van der Waals surface area contributed by atoms with Crippen molar-refractivity contribution in [3.05, 3.63) is 48.0 Å². The van der Waals surface area contributed by atoms with E-state index >= 15 is 0 Å². The molecule has 1 amide bonds. The molecule has 0 saturated carbocycles. The lowest BCUT2D eigenvalue weighted by Gasteiger charge is -2.09. The largest absolute Gasteiger partial charge is 0.454 e. The molecule has 0 aromatic heterocycles. The summed E-state index contributed by atoms with van der Waals surface area (Å²) in [5, 5.41) is 2.76. The van der Waals surface area contributed by atoms with Gasteiger partial charge in [0.25, 0.3) is 5.91 Å². The molecule has 1 aliphatic rings. The van der Waals surface area contributed by atoms with Gasteiger partial charge in [-0.2, -0.15) is 0 Å². The molecule has 2 aromatic carbocycles.